The molecule has 2 heterocycles. The minimum Gasteiger partial charge on any atom is -0.339 e. The third kappa shape index (κ3) is 3.30. The number of nitrogens with one attached hydrogen (secondary N) is 1. The zero-order chi connectivity index (χ0) is 19.0. The van der Waals surface area contributed by atoms with Gasteiger partial charge in [-0.15, -0.1) is 0 Å². The molecular weight excluding hydrogens is 352 g/mol. The number of piperazine rings is 1. The first kappa shape index (κ1) is 17.3. The first-order chi connectivity index (χ1) is 13.0. The summed E-state index contributed by atoms with van der Waals surface area (Å²) >= 11 is 0. The van der Waals surface area contributed by atoms with Gasteiger partial charge in [-0.3, -0.25) is 0 Å². The Kier molecular flexibility index (Phi) is 4.39. The van der Waals surface area contributed by atoms with Gasteiger partial charge in [-0.05, 0) is 24.3 Å². The molecule has 27 heavy (non-hydrogen) atoms. The van der Waals surface area contributed by atoms with E-state index in [0.717, 1.165) is 35.2 Å². The summed E-state index contributed by atoms with van der Waals surface area (Å²) in [6.07, 6.45) is 0. The van der Waals surface area contributed by atoms with Crippen molar-refractivity contribution in [3.63, 3.8) is 0 Å². The van der Waals surface area contributed by atoms with Gasteiger partial charge in [0.15, 0.2) is 0 Å². The fraction of sp³-hybridized carbons (Fsp3) is 0.263. The van der Waals surface area contributed by atoms with Gasteiger partial charge < -0.3 is 19.7 Å². The number of fused-ring (bicyclic) bond motifs is 1. The Bertz CT molecular complexity index is 995. The molecule has 0 saturated carbocycles. The van der Waals surface area contributed by atoms with E-state index < -0.39 is 17.7 Å². The average Bonchev–Trinajstić information content (AvgIpc) is 3.02. The molecule has 1 aliphatic heterocycles. The van der Waals surface area contributed by atoms with E-state index in [0.29, 0.717) is 26.2 Å². The number of imidazole rings is 1. The van der Waals surface area contributed by atoms with Crippen LogP contribution in [0.15, 0.2) is 42.5 Å². The molecule has 0 radical (unpaired) electrons. The molecule has 0 spiro atoms. The van der Waals surface area contributed by atoms with Gasteiger partial charge in [0.2, 0.25) is 5.95 Å². The summed E-state index contributed by atoms with van der Waals surface area (Å²) in [4.78, 5) is 20.7. The highest BCUT2D eigenvalue weighted by Crippen LogP contribution is 2.22. The number of urea groups is 1. The van der Waals surface area contributed by atoms with Crippen molar-refractivity contribution in [2.24, 2.45) is 7.05 Å². The van der Waals surface area contributed by atoms with Crippen molar-refractivity contribution >= 4 is 28.7 Å². The van der Waals surface area contributed by atoms with Gasteiger partial charge in [-0.2, -0.15) is 0 Å². The maximum absolute atomic E-state index is 13.7. The van der Waals surface area contributed by atoms with Crippen LogP contribution in [0, 0.1) is 11.6 Å². The van der Waals surface area contributed by atoms with Gasteiger partial charge in [-0.1, -0.05) is 12.1 Å². The molecule has 0 unspecified atom stereocenters. The molecule has 1 aliphatic rings. The maximum atomic E-state index is 13.7. The number of aromatic nitrogens is 2. The summed E-state index contributed by atoms with van der Waals surface area (Å²) in [5.74, 6) is -0.408. The third-order valence-corrected chi connectivity index (χ3v) is 4.78. The summed E-state index contributed by atoms with van der Waals surface area (Å²) < 4.78 is 29.0. The standard InChI is InChI=1S/C19H19F2N5O/c1-24-17-5-3-2-4-15(17)22-18(24)25-8-10-26(11-9-25)19(27)23-16-12-13(20)6-7-14(16)21/h2-7,12H,8-11H2,1H3,(H,23,27). The third-order valence-electron chi connectivity index (χ3n) is 4.78. The molecule has 4 rings (SSSR count). The number of carbonyl (C=O) groups is 1. The summed E-state index contributed by atoms with van der Waals surface area (Å²) in [6.45, 7) is 2.14. The number of aryl methyl sites for hydroxylation is 1. The molecule has 8 heteroatoms. The molecule has 0 bridgehead atoms. The van der Waals surface area contributed by atoms with Crippen LogP contribution in [0.5, 0.6) is 0 Å². The predicted molar refractivity (Wildman–Crippen MR) is 99.9 cm³/mol. The molecule has 140 valence electrons. The van der Waals surface area contributed by atoms with E-state index in [-0.39, 0.29) is 5.69 Å². The lowest BCUT2D eigenvalue weighted by Gasteiger charge is -2.35. The summed E-state index contributed by atoms with van der Waals surface area (Å²) in [5.41, 5.74) is 1.82. The van der Waals surface area contributed by atoms with Gasteiger partial charge >= 0.3 is 6.03 Å². The number of carbonyl (C=O) groups excluding carboxylic acids is 1. The molecule has 1 saturated heterocycles. The smallest absolute Gasteiger partial charge is 0.322 e. The number of amides is 2. The lowest BCUT2D eigenvalue weighted by Crippen LogP contribution is -2.50. The van der Waals surface area contributed by atoms with E-state index >= 15 is 0 Å². The Hall–Kier alpha value is -3.16. The highest BCUT2D eigenvalue weighted by molar-refractivity contribution is 5.89. The van der Waals surface area contributed by atoms with Crippen LogP contribution in [-0.4, -0.2) is 46.7 Å². The van der Waals surface area contributed by atoms with Gasteiger partial charge in [0.05, 0.1) is 16.7 Å². The Morgan fingerprint density at radius 2 is 1.81 bits per heavy atom. The van der Waals surface area contributed by atoms with E-state index in [9.17, 15) is 13.6 Å². The molecule has 1 N–H and O–H groups in total. The van der Waals surface area contributed by atoms with E-state index in [2.05, 4.69) is 15.2 Å². The van der Waals surface area contributed by atoms with Crippen LogP contribution in [0.1, 0.15) is 0 Å². The fourth-order valence-electron chi connectivity index (χ4n) is 3.31. The number of hydrogen-bond donors (Lipinski definition) is 1. The van der Waals surface area contributed by atoms with E-state index in [4.69, 9.17) is 0 Å². The monoisotopic (exact) mass is 371 g/mol. The average molecular weight is 371 g/mol. The molecule has 2 aromatic carbocycles. The molecule has 3 aromatic rings. The quantitative estimate of drug-likeness (QED) is 0.753. The van der Waals surface area contributed by atoms with E-state index in [1.165, 1.54) is 0 Å². The molecule has 0 atom stereocenters. The maximum Gasteiger partial charge on any atom is 0.322 e. The highest BCUT2D eigenvalue weighted by Gasteiger charge is 2.24. The molecule has 0 aliphatic carbocycles. The summed E-state index contributed by atoms with van der Waals surface area (Å²) in [5, 5.41) is 2.44. The number of hydrogen-bond acceptors (Lipinski definition) is 3. The van der Waals surface area contributed by atoms with Crippen LogP contribution < -0.4 is 10.2 Å². The minimum atomic E-state index is -0.664. The van der Waals surface area contributed by atoms with Crippen molar-refractivity contribution in [2.45, 2.75) is 0 Å². The zero-order valence-electron chi connectivity index (χ0n) is 14.8. The van der Waals surface area contributed by atoms with Crippen molar-refractivity contribution in [1.82, 2.24) is 14.5 Å². The Morgan fingerprint density at radius 3 is 2.56 bits per heavy atom. The number of benzene rings is 2. The molecule has 1 fully saturated rings. The largest absolute Gasteiger partial charge is 0.339 e. The minimum absolute atomic E-state index is 0.155. The Morgan fingerprint density at radius 1 is 1.07 bits per heavy atom. The number of anilines is 2. The first-order valence-electron chi connectivity index (χ1n) is 8.70. The van der Waals surface area contributed by atoms with Gasteiger partial charge in [0.1, 0.15) is 11.6 Å². The van der Waals surface area contributed by atoms with Crippen molar-refractivity contribution in [3.05, 3.63) is 54.1 Å². The second-order valence-electron chi connectivity index (χ2n) is 6.49. The second-order valence-corrected chi connectivity index (χ2v) is 6.49. The number of rotatable bonds is 2. The summed E-state index contributed by atoms with van der Waals surface area (Å²) in [7, 11) is 1.97. The van der Waals surface area contributed by atoms with Crippen LogP contribution in [0.25, 0.3) is 11.0 Å². The molecular formula is C19H19F2N5O. The summed E-state index contributed by atoms with van der Waals surface area (Å²) in [6, 6.07) is 10.5. The lowest BCUT2D eigenvalue weighted by atomic mass is 10.3. The van der Waals surface area contributed by atoms with Crippen molar-refractivity contribution < 1.29 is 13.6 Å². The van der Waals surface area contributed by atoms with Crippen molar-refractivity contribution in [3.8, 4) is 0 Å². The Labute approximate surface area is 155 Å². The van der Waals surface area contributed by atoms with Crippen molar-refractivity contribution in [2.75, 3.05) is 36.4 Å². The number of para-hydroxylation sites is 2. The fourth-order valence-corrected chi connectivity index (χ4v) is 3.31. The topological polar surface area (TPSA) is 53.4 Å². The van der Waals surface area contributed by atoms with Crippen LogP contribution in [0.2, 0.25) is 0 Å². The lowest BCUT2D eigenvalue weighted by molar-refractivity contribution is 0.207. The highest BCUT2D eigenvalue weighted by atomic mass is 19.1. The van der Waals surface area contributed by atoms with Crippen LogP contribution in [-0.2, 0) is 7.05 Å². The van der Waals surface area contributed by atoms with Crippen LogP contribution >= 0.6 is 0 Å². The van der Waals surface area contributed by atoms with Crippen molar-refractivity contribution in [1.29, 1.82) is 0 Å². The molecule has 1 aromatic heterocycles. The van der Waals surface area contributed by atoms with Gasteiger partial charge in [0, 0.05) is 39.3 Å². The second kappa shape index (κ2) is 6.86. The number of halogens is 2. The predicted octanol–water partition coefficient (Wildman–Crippen LogP) is 3.21. The molecule has 2 amide bonds. The van der Waals surface area contributed by atoms with Crippen LogP contribution in [0.4, 0.5) is 25.2 Å². The van der Waals surface area contributed by atoms with Gasteiger partial charge in [-0.25, -0.2) is 18.6 Å². The van der Waals surface area contributed by atoms with Gasteiger partial charge in [0.25, 0.3) is 0 Å². The van der Waals surface area contributed by atoms with Crippen LogP contribution in [0.3, 0.4) is 0 Å². The normalized spacial score (nSPS) is 14.6. The number of nitrogens with zero attached hydrogens (tertiary/aromatic N) is 4. The first-order valence-corrected chi connectivity index (χ1v) is 8.70. The van der Waals surface area contributed by atoms with E-state index in [1.54, 1.807) is 4.90 Å². The molecule has 6 nitrogen and oxygen atoms in total. The SMILES string of the molecule is Cn1c(N2CCN(C(=O)Nc3cc(F)ccc3F)CC2)nc2ccccc21. The van der Waals surface area contributed by atoms with E-state index in [1.807, 2.05) is 35.9 Å². The Balaban J connectivity index is 1.43. The zero-order valence-corrected chi connectivity index (χ0v) is 14.8.